The van der Waals surface area contributed by atoms with Crippen molar-refractivity contribution in [3.05, 3.63) is 51.2 Å². The minimum atomic E-state index is -0.588. The van der Waals surface area contributed by atoms with Gasteiger partial charge in [-0.1, -0.05) is 11.6 Å². The topological polar surface area (TPSA) is 42.0 Å². The molecule has 0 saturated carbocycles. The monoisotopic (exact) mass is 270 g/mol. The van der Waals surface area contributed by atoms with Crippen molar-refractivity contribution in [3.63, 3.8) is 0 Å². The van der Waals surface area contributed by atoms with Gasteiger partial charge in [-0.05, 0) is 28.5 Å². The SMILES string of the molecule is O=C(NCc1ccsc1)c1cc(F)cnc1Cl. The lowest BCUT2D eigenvalue weighted by Crippen LogP contribution is -2.23. The van der Waals surface area contributed by atoms with Crippen molar-refractivity contribution in [2.24, 2.45) is 0 Å². The summed E-state index contributed by atoms with van der Waals surface area (Å²) in [5.41, 5.74) is 1.03. The van der Waals surface area contributed by atoms with Gasteiger partial charge in [0.15, 0.2) is 0 Å². The van der Waals surface area contributed by atoms with E-state index in [4.69, 9.17) is 11.6 Å². The zero-order valence-electron chi connectivity index (χ0n) is 8.61. The number of hydrogen-bond acceptors (Lipinski definition) is 3. The van der Waals surface area contributed by atoms with Gasteiger partial charge in [0, 0.05) is 6.54 Å². The summed E-state index contributed by atoms with van der Waals surface area (Å²) in [5, 5.41) is 6.48. The summed E-state index contributed by atoms with van der Waals surface area (Å²) in [6.07, 6.45) is 0.970. The second-order valence-electron chi connectivity index (χ2n) is 3.31. The van der Waals surface area contributed by atoms with Gasteiger partial charge in [0.2, 0.25) is 0 Å². The largest absolute Gasteiger partial charge is 0.348 e. The number of amides is 1. The fourth-order valence-electron chi connectivity index (χ4n) is 1.25. The Kier molecular flexibility index (Phi) is 3.71. The Morgan fingerprint density at radius 3 is 3.12 bits per heavy atom. The van der Waals surface area contributed by atoms with Crippen molar-refractivity contribution in [1.29, 1.82) is 0 Å². The number of halogens is 2. The Morgan fingerprint density at radius 2 is 2.41 bits per heavy atom. The maximum absolute atomic E-state index is 12.9. The summed E-state index contributed by atoms with van der Waals surface area (Å²) in [6.45, 7) is 0.384. The van der Waals surface area contributed by atoms with E-state index in [9.17, 15) is 9.18 Å². The number of carbonyl (C=O) groups is 1. The van der Waals surface area contributed by atoms with E-state index in [1.165, 1.54) is 0 Å². The van der Waals surface area contributed by atoms with E-state index >= 15 is 0 Å². The zero-order chi connectivity index (χ0) is 12.3. The minimum absolute atomic E-state index is 0.00535. The molecule has 0 aliphatic carbocycles. The Bertz CT molecular complexity index is 530. The van der Waals surface area contributed by atoms with Gasteiger partial charge in [0.1, 0.15) is 11.0 Å². The molecule has 2 aromatic heterocycles. The average Bonchev–Trinajstić information content (AvgIpc) is 2.82. The van der Waals surface area contributed by atoms with Gasteiger partial charge < -0.3 is 5.32 Å². The third kappa shape index (κ3) is 3.01. The smallest absolute Gasteiger partial charge is 0.254 e. The molecule has 3 nitrogen and oxygen atoms in total. The highest BCUT2D eigenvalue weighted by Gasteiger charge is 2.12. The molecule has 0 radical (unpaired) electrons. The summed E-state index contributed by atoms with van der Waals surface area (Å²) in [7, 11) is 0. The molecule has 2 aromatic rings. The highest BCUT2D eigenvalue weighted by Crippen LogP contribution is 2.14. The molecule has 0 atom stereocenters. The molecule has 6 heteroatoms. The fraction of sp³-hybridized carbons (Fsp3) is 0.0909. The third-order valence-corrected chi connectivity index (χ3v) is 3.12. The molecular weight excluding hydrogens is 263 g/mol. The van der Waals surface area contributed by atoms with Crippen molar-refractivity contribution in [2.45, 2.75) is 6.54 Å². The number of pyridine rings is 1. The van der Waals surface area contributed by atoms with E-state index in [1.54, 1.807) is 11.3 Å². The van der Waals surface area contributed by atoms with Crippen LogP contribution in [0.25, 0.3) is 0 Å². The maximum atomic E-state index is 12.9. The van der Waals surface area contributed by atoms with Crippen molar-refractivity contribution >= 4 is 28.8 Å². The van der Waals surface area contributed by atoms with Gasteiger partial charge in [-0.3, -0.25) is 4.79 Å². The number of hydrogen-bond donors (Lipinski definition) is 1. The first-order valence-corrected chi connectivity index (χ1v) is 6.09. The van der Waals surface area contributed by atoms with Crippen LogP contribution >= 0.6 is 22.9 Å². The number of carbonyl (C=O) groups excluding carboxylic acids is 1. The maximum Gasteiger partial charge on any atom is 0.254 e. The van der Waals surface area contributed by atoms with E-state index < -0.39 is 11.7 Å². The summed E-state index contributed by atoms with van der Waals surface area (Å²) >= 11 is 7.26. The summed E-state index contributed by atoms with van der Waals surface area (Å²) in [6, 6.07) is 2.97. The second-order valence-corrected chi connectivity index (χ2v) is 4.44. The first-order chi connectivity index (χ1) is 8.16. The number of nitrogens with zero attached hydrogens (tertiary/aromatic N) is 1. The molecule has 0 saturated heterocycles. The van der Waals surface area contributed by atoms with E-state index in [0.717, 1.165) is 17.8 Å². The molecule has 2 rings (SSSR count). The molecular formula is C11H8ClFN2OS. The van der Waals surface area contributed by atoms with E-state index in [1.807, 2.05) is 16.8 Å². The van der Waals surface area contributed by atoms with Crippen LogP contribution in [0.15, 0.2) is 29.1 Å². The predicted octanol–water partition coefficient (Wildman–Crippen LogP) is 2.87. The quantitative estimate of drug-likeness (QED) is 0.872. The van der Waals surface area contributed by atoms with E-state index in [0.29, 0.717) is 6.54 Å². The molecule has 0 aliphatic heterocycles. The molecule has 1 amide bonds. The predicted molar refractivity (Wildman–Crippen MR) is 64.7 cm³/mol. The average molecular weight is 271 g/mol. The van der Waals surface area contributed by atoms with Gasteiger partial charge in [-0.25, -0.2) is 9.37 Å². The van der Waals surface area contributed by atoms with Crippen LogP contribution < -0.4 is 5.32 Å². The number of rotatable bonds is 3. The Hall–Kier alpha value is -1.46. The van der Waals surface area contributed by atoms with E-state index in [2.05, 4.69) is 10.3 Å². The van der Waals surface area contributed by atoms with Crippen LogP contribution in [0.5, 0.6) is 0 Å². The molecule has 0 aromatic carbocycles. The molecule has 0 unspecified atom stereocenters. The van der Waals surface area contributed by atoms with Crippen LogP contribution in [-0.2, 0) is 6.54 Å². The van der Waals surface area contributed by atoms with Crippen molar-refractivity contribution in [1.82, 2.24) is 10.3 Å². The van der Waals surface area contributed by atoms with Crippen LogP contribution in [0.4, 0.5) is 4.39 Å². The molecule has 0 fully saturated rings. The van der Waals surface area contributed by atoms with Crippen molar-refractivity contribution in [2.75, 3.05) is 0 Å². The Labute approximate surface area is 106 Å². The molecule has 2 heterocycles. The molecule has 0 aliphatic rings. The highest BCUT2D eigenvalue weighted by atomic mass is 35.5. The number of aromatic nitrogens is 1. The summed E-state index contributed by atoms with van der Waals surface area (Å²) in [4.78, 5) is 15.3. The molecule has 1 N–H and O–H groups in total. The Morgan fingerprint density at radius 1 is 1.59 bits per heavy atom. The summed E-state index contributed by atoms with van der Waals surface area (Å²) in [5.74, 6) is -1.02. The van der Waals surface area contributed by atoms with Crippen LogP contribution in [0.3, 0.4) is 0 Å². The van der Waals surface area contributed by atoms with E-state index in [-0.39, 0.29) is 10.7 Å². The lowest BCUT2D eigenvalue weighted by Gasteiger charge is -2.05. The van der Waals surface area contributed by atoms with Gasteiger partial charge in [-0.15, -0.1) is 0 Å². The zero-order valence-corrected chi connectivity index (χ0v) is 10.2. The standard InChI is InChI=1S/C11H8ClFN2OS/c12-10-9(3-8(13)5-14-10)11(16)15-4-7-1-2-17-6-7/h1-3,5-6H,4H2,(H,15,16). The molecule has 0 spiro atoms. The third-order valence-electron chi connectivity index (χ3n) is 2.08. The van der Waals surface area contributed by atoms with Crippen molar-refractivity contribution < 1.29 is 9.18 Å². The van der Waals surface area contributed by atoms with Gasteiger partial charge in [0.25, 0.3) is 5.91 Å². The number of thiophene rings is 1. The summed E-state index contributed by atoms with van der Waals surface area (Å²) < 4.78 is 12.9. The lowest BCUT2D eigenvalue weighted by molar-refractivity contribution is 0.0950. The lowest BCUT2D eigenvalue weighted by atomic mass is 10.2. The van der Waals surface area contributed by atoms with Crippen molar-refractivity contribution in [3.8, 4) is 0 Å². The van der Waals surface area contributed by atoms with Crippen LogP contribution in [-0.4, -0.2) is 10.9 Å². The number of nitrogens with one attached hydrogen (secondary N) is 1. The molecule has 17 heavy (non-hydrogen) atoms. The van der Waals surface area contributed by atoms with Gasteiger partial charge >= 0.3 is 0 Å². The Balaban J connectivity index is 2.07. The first-order valence-electron chi connectivity index (χ1n) is 4.77. The normalized spacial score (nSPS) is 10.2. The molecule has 88 valence electrons. The second kappa shape index (κ2) is 5.25. The fourth-order valence-corrected chi connectivity index (χ4v) is 2.11. The van der Waals surface area contributed by atoms with Crippen LogP contribution in [0.2, 0.25) is 5.15 Å². The molecule has 0 bridgehead atoms. The van der Waals surface area contributed by atoms with Gasteiger partial charge in [-0.2, -0.15) is 11.3 Å². The minimum Gasteiger partial charge on any atom is -0.348 e. The van der Waals surface area contributed by atoms with Crippen LogP contribution in [0.1, 0.15) is 15.9 Å². The first kappa shape index (κ1) is 12.0. The van der Waals surface area contributed by atoms with Gasteiger partial charge in [0.05, 0.1) is 11.8 Å². The highest BCUT2D eigenvalue weighted by molar-refractivity contribution is 7.07. The van der Waals surface area contributed by atoms with Crippen LogP contribution in [0, 0.1) is 5.82 Å².